The molecule has 0 aliphatic heterocycles. The van der Waals surface area contributed by atoms with Gasteiger partial charge in [0.25, 0.3) is 0 Å². The van der Waals surface area contributed by atoms with E-state index in [1.165, 1.54) is 12.1 Å². The zero-order chi connectivity index (χ0) is 15.9. The first-order valence-corrected chi connectivity index (χ1v) is 6.43. The van der Waals surface area contributed by atoms with Crippen molar-refractivity contribution in [3.8, 4) is 0 Å². The van der Waals surface area contributed by atoms with Crippen LogP contribution in [-0.4, -0.2) is 35.4 Å². The maximum atomic E-state index is 12.7. The summed E-state index contributed by atoms with van der Waals surface area (Å²) in [5, 5.41) is 23.0. The number of aliphatic hydroxyl groups is 1. The molecule has 1 unspecified atom stereocenters. The first-order chi connectivity index (χ1) is 9.84. The highest BCUT2D eigenvalue weighted by atomic mass is 19.1. The van der Waals surface area contributed by atoms with Gasteiger partial charge in [0.15, 0.2) is 0 Å². The summed E-state index contributed by atoms with van der Waals surface area (Å²) in [5.41, 5.74) is -0.180. The summed E-state index contributed by atoms with van der Waals surface area (Å²) in [4.78, 5) is 22.3. The third kappa shape index (κ3) is 6.22. The van der Waals surface area contributed by atoms with Crippen LogP contribution < -0.4 is 10.6 Å². The highest BCUT2D eigenvalue weighted by molar-refractivity contribution is 5.74. The van der Waals surface area contributed by atoms with Crippen LogP contribution in [0.4, 0.5) is 9.18 Å². The van der Waals surface area contributed by atoms with Crippen LogP contribution in [-0.2, 0) is 11.3 Å². The van der Waals surface area contributed by atoms with Gasteiger partial charge in [-0.3, -0.25) is 4.79 Å². The van der Waals surface area contributed by atoms with Crippen LogP contribution in [0.25, 0.3) is 0 Å². The molecule has 1 rings (SSSR count). The van der Waals surface area contributed by atoms with E-state index in [-0.39, 0.29) is 31.9 Å². The molecular formula is C14H19FN2O4. The number of carbonyl (C=O) groups is 2. The van der Waals surface area contributed by atoms with E-state index < -0.39 is 17.4 Å². The smallest absolute Gasteiger partial charge is 0.315 e. The number of hydrogen-bond donors (Lipinski definition) is 4. The third-order valence-corrected chi connectivity index (χ3v) is 3.00. The number of urea groups is 1. The number of nitrogens with one attached hydrogen (secondary N) is 2. The molecule has 0 aliphatic carbocycles. The Morgan fingerprint density at radius 1 is 1.24 bits per heavy atom. The predicted octanol–water partition coefficient (Wildman–Crippen LogP) is 1.10. The first-order valence-electron chi connectivity index (χ1n) is 6.43. The van der Waals surface area contributed by atoms with E-state index >= 15 is 0 Å². The van der Waals surface area contributed by atoms with Gasteiger partial charge < -0.3 is 20.8 Å². The molecule has 2 amide bonds. The molecular weight excluding hydrogens is 279 g/mol. The fourth-order valence-corrected chi connectivity index (χ4v) is 1.68. The third-order valence-electron chi connectivity index (χ3n) is 3.00. The van der Waals surface area contributed by atoms with E-state index in [0.29, 0.717) is 0 Å². The van der Waals surface area contributed by atoms with Crippen molar-refractivity contribution >= 4 is 12.0 Å². The summed E-state index contributed by atoms with van der Waals surface area (Å²) < 4.78 is 12.7. The molecule has 0 bridgehead atoms. The van der Waals surface area contributed by atoms with Crippen molar-refractivity contribution in [2.24, 2.45) is 5.41 Å². The minimum Gasteiger partial charge on any atom is -0.481 e. The van der Waals surface area contributed by atoms with Gasteiger partial charge in [0.05, 0.1) is 13.0 Å². The molecule has 0 aliphatic rings. The summed E-state index contributed by atoms with van der Waals surface area (Å²) in [6.45, 7) is 1.48. The standard InChI is InChI=1S/C14H19FN2O4/c1-14(9-18,6-12(19)20)8-17-13(21)16-7-10-2-4-11(15)5-3-10/h2-5,18H,6-9H2,1H3,(H,19,20)(H2,16,17,21). The van der Waals surface area contributed by atoms with Gasteiger partial charge >= 0.3 is 12.0 Å². The minimum atomic E-state index is -1.04. The lowest BCUT2D eigenvalue weighted by Gasteiger charge is -2.25. The number of carboxylic acid groups (broad SMARTS) is 1. The quantitative estimate of drug-likeness (QED) is 0.606. The van der Waals surface area contributed by atoms with Gasteiger partial charge in [-0.25, -0.2) is 9.18 Å². The van der Waals surface area contributed by atoms with Crippen molar-refractivity contribution in [1.29, 1.82) is 0 Å². The Kier molecular flexibility index (Phi) is 6.10. The lowest BCUT2D eigenvalue weighted by atomic mass is 9.88. The molecule has 0 saturated heterocycles. The summed E-state index contributed by atoms with van der Waals surface area (Å²) >= 11 is 0. The Morgan fingerprint density at radius 2 is 1.86 bits per heavy atom. The largest absolute Gasteiger partial charge is 0.481 e. The van der Waals surface area contributed by atoms with Crippen LogP contribution in [0.3, 0.4) is 0 Å². The summed E-state index contributed by atoms with van der Waals surface area (Å²) in [6, 6.07) is 5.22. The van der Waals surface area contributed by atoms with Gasteiger partial charge in [-0.05, 0) is 17.7 Å². The molecule has 0 heterocycles. The number of benzene rings is 1. The van der Waals surface area contributed by atoms with Gasteiger partial charge in [0.1, 0.15) is 5.82 Å². The van der Waals surface area contributed by atoms with Crippen LogP contribution in [0.5, 0.6) is 0 Å². The monoisotopic (exact) mass is 298 g/mol. The van der Waals surface area contributed by atoms with Crippen LogP contribution in [0, 0.1) is 11.2 Å². The Hall–Kier alpha value is -2.15. The van der Waals surface area contributed by atoms with Gasteiger partial charge in [-0.1, -0.05) is 19.1 Å². The predicted molar refractivity (Wildman–Crippen MR) is 74.1 cm³/mol. The number of aliphatic carboxylic acids is 1. The fraction of sp³-hybridized carbons (Fsp3) is 0.429. The second-order valence-electron chi connectivity index (χ2n) is 5.20. The van der Waals surface area contributed by atoms with Crippen molar-refractivity contribution < 1.29 is 24.2 Å². The lowest BCUT2D eigenvalue weighted by molar-refractivity contribution is -0.140. The number of hydrogen-bond acceptors (Lipinski definition) is 3. The zero-order valence-corrected chi connectivity index (χ0v) is 11.7. The topological polar surface area (TPSA) is 98.7 Å². The van der Waals surface area contributed by atoms with Crippen LogP contribution in [0.15, 0.2) is 24.3 Å². The Morgan fingerprint density at radius 3 is 2.38 bits per heavy atom. The van der Waals surface area contributed by atoms with E-state index in [0.717, 1.165) is 5.56 Å². The molecule has 21 heavy (non-hydrogen) atoms. The van der Waals surface area contributed by atoms with E-state index in [9.17, 15) is 19.1 Å². The van der Waals surface area contributed by atoms with E-state index in [4.69, 9.17) is 5.11 Å². The molecule has 1 aromatic carbocycles. The lowest BCUT2D eigenvalue weighted by Crippen LogP contribution is -2.43. The molecule has 0 saturated carbocycles. The highest BCUT2D eigenvalue weighted by Crippen LogP contribution is 2.19. The highest BCUT2D eigenvalue weighted by Gasteiger charge is 2.27. The fourth-order valence-electron chi connectivity index (χ4n) is 1.68. The molecule has 4 N–H and O–H groups in total. The number of halogens is 1. The van der Waals surface area contributed by atoms with E-state index in [2.05, 4.69) is 10.6 Å². The first kappa shape index (κ1) is 16.9. The maximum absolute atomic E-state index is 12.7. The van der Waals surface area contributed by atoms with Crippen molar-refractivity contribution in [3.05, 3.63) is 35.6 Å². The summed E-state index contributed by atoms with van der Waals surface area (Å²) in [7, 11) is 0. The van der Waals surface area contributed by atoms with Crippen LogP contribution in [0.2, 0.25) is 0 Å². The van der Waals surface area contributed by atoms with E-state index in [1.54, 1.807) is 19.1 Å². The normalized spacial score (nSPS) is 13.3. The summed E-state index contributed by atoms with van der Waals surface area (Å²) in [5.74, 6) is -1.39. The molecule has 1 aromatic rings. The number of aliphatic hydroxyl groups excluding tert-OH is 1. The SMILES string of the molecule is CC(CO)(CNC(=O)NCc1ccc(F)cc1)CC(=O)O. The van der Waals surface area contributed by atoms with Crippen molar-refractivity contribution in [1.82, 2.24) is 10.6 Å². The van der Waals surface area contributed by atoms with Gasteiger partial charge in [0.2, 0.25) is 0 Å². The molecule has 0 fully saturated rings. The zero-order valence-electron chi connectivity index (χ0n) is 11.7. The van der Waals surface area contributed by atoms with Crippen LogP contribution in [0.1, 0.15) is 18.9 Å². The Bertz CT molecular complexity index is 492. The van der Waals surface area contributed by atoms with Crippen LogP contribution >= 0.6 is 0 Å². The van der Waals surface area contributed by atoms with E-state index in [1.807, 2.05) is 0 Å². The number of carboxylic acids is 1. The second kappa shape index (κ2) is 7.58. The molecule has 116 valence electrons. The molecule has 1 atom stereocenters. The number of carbonyl (C=O) groups excluding carboxylic acids is 1. The van der Waals surface area contributed by atoms with Gasteiger partial charge in [0, 0.05) is 18.5 Å². The van der Waals surface area contributed by atoms with Gasteiger partial charge in [-0.2, -0.15) is 0 Å². The van der Waals surface area contributed by atoms with Gasteiger partial charge in [-0.15, -0.1) is 0 Å². The van der Waals surface area contributed by atoms with Crippen molar-refractivity contribution in [2.75, 3.05) is 13.2 Å². The van der Waals surface area contributed by atoms with Crippen molar-refractivity contribution in [2.45, 2.75) is 19.9 Å². The molecule has 7 heteroatoms. The maximum Gasteiger partial charge on any atom is 0.315 e. The number of rotatable bonds is 7. The average Bonchev–Trinajstić information content (AvgIpc) is 2.44. The second-order valence-corrected chi connectivity index (χ2v) is 5.20. The average molecular weight is 298 g/mol. The molecule has 0 spiro atoms. The Labute approximate surface area is 122 Å². The molecule has 0 radical (unpaired) electrons. The molecule has 6 nitrogen and oxygen atoms in total. The Balaban J connectivity index is 2.39. The minimum absolute atomic E-state index is 0.0328. The molecule has 0 aromatic heterocycles. The number of amides is 2. The van der Waals surface area contributed by atoms with Crippen molar-refractivity contribution in [3.63, 3.8) is 0 Å². The summed E-state index contributed by atoms with van der Waals surface area (Å²) in [6.07, 6.45) is -0.248.